The van der Waals surface area contributed by atoms with E-state index in [9.17, 15) is 4.79 Å². The van der Waals surface area contributed by atoms with Crippen LogP contribution in [0.3, 0.4) is 0 Å². The van der Waals surface area contributed by atoms with Gasteiger partial charge in [-0.3, -0.25) is 4.98 Å². The van der Waals surface area contributed by atoms with Crippen LogP contribution in [0.25, 0.3) is 0 Å². The topological polar surface area (TPSA) is 30.0 Å². The molecule has 1 rings (SSSR count). The number of rotatable bonds is 3. The zero-order chi connectivity index (χ0) is 8.10. The predicted molar refractivity (Wildman–Crippen MR) is 43.2 cm³/mol. The SMILES string of the molecule is C=CC(C=O)c1ccccn1. The van der Waals surface area contributed by atoms with Gasteiger partial charge >= 0.3 is 0 Å². The van der Waals surface area contributed by atoms with Crippen LogP contribution in [0.1, 0.15) is 11.6 Å². The van der Waals surface area contributed by atoms with Crippen molar-refractivity contribution in [3.8, 4) is 0 Å². The van der Waals surface area contributed by atoms with E-state index in [4.69, 9.17) is 0 Å². The van der Waals surface area contributed by atoms with Crippen molar-refractivity contribution in [1.82, 2.24) is 4.98 Å². The third-order valence-corrected chi connectivity index (χ3v) is 1.43. The molecule has 2 nitrogen and oxygen atoms in total. The average Bonchev–Trinajstić information content (AvgIpc) is 2.09. The van der Waals surface area contributed by atoms with Gasteiger partial charge in [0.1, 0.15) is 6.29 Å². The molecule has 1 unspecified atom stereocenters. The molecule has 1 atom stereocenters. The van der Waals surface area contributed by atoms with E-state index in [-0.39, 0.29) is 5.92 Å². The minimum Gasteiger partial charge on any atom is -0.302 e. The van der Waals surface area contributed by atoms with Crippen LogP contribution in [0.15, 0.2) is 37.1 Å². The van der Waals surface area contributed by atoms with Gasteiger partial charge in [0.05, 0.1) is 11.6 Å². The van der Waals surface area contributed by atoms with Gasteiger partial charge in [-0.1, -0.05) is 12.1 Å². The number of nitrogens with zero attached hydrogens (tertiary/aromatic N) is 1. The summed E-state index contributed by atoms with van der Waals surface area (Å²) in [6, 6.07) is 5.47. The molecule has 0 aliphatic carbocycles. The molecule has 1 heterocycles. The zero-order valence-corrected chi connectivity index (χ0v) is 6.10. The van der Waals surface area contributed by atoms with Gasteiger partial charge < -0.3 is 4.79 Å². The Hall–Kier alpha value is -1.44. The molecule has 0 aliphatic rings. The second kappa shape index (κ2) is 3.66. The summed E-state index contributed by atoms with van der Waals surface area (Å²) < 4.78 is 0. The highest BCUT2D eigenvalue weighted by Crippen LogP contribution is 2.09. The third kappa shape index (κ3) is 1.74. The summed E-state index contributed by atoms with van der Waals surface area (Å²) >= 11 is 0. The highest BCUT2D eigenvalue weighted by molar-refractivity contribution is 5.63. The fourth-order valence-electron chi connectivity index (χ4n) is 0.819. The number of carbonyl (C=O) groups is 1. The first-order chi connectivity index (χ1) is 5.38. The van der Waals surface area contributed by atoms with E-state index in [0.717, 1.165) is 12.0 Å². The van der Waals surface area contributed by atoms with Crippen LogP contribution >= 0.6 is 0 Å². The molecule has 0 fully saturated rings. The van der Waals surface area contributed by atoms with Crippen molar-refractivity contribution in [2.24, 2.45) is 0 Å². The van der Waals surface area contributed by atoms with Crippen molar-refractivity contribution in [1.29, 1.82) is 0 Å². The Morgan fingerprint density at radius 1 is 1.55 bits per heavy atom. The molecule has 0 amide bonds. The lowest BCUT2D eigenvalue weighted by molar-refractivity contribution is -0.108. The van der Waals surface area contributed by atoms with Crippen LogP contribution in [0.4, 0.5) is 0 Å². The standard InChI is InChI=1S/C9H9NO/c1-2-8(7-11)9-5-3-4-6-10-9/h2-8H,1H2. The largest absolute Gasteiger partial charge is 0.302 e. The maximum atomic E-state index is 10.4. The Balaban J connectivity index is 2.90. The third-order valence-electron chi connectivity index (χ3n) is 1.43. The van der Waals surface area contributed by atoms with Gasteiger partial charge in [0, 0.05) is 6.20 Å². The number of allylic oxidation sites excluding steroid dienone is 1. The van der Waals surface area contributed by atoms with Crippen molar-refractivity contribution < 1.29 is 4.79 Å². The van der Waals surface area contributed by atoms with Crippen LogP contribution in [0, 0.1) is 0 Å². The Bertz CT molecular complexity index is 235. The average molecular weight is 147 g/mol. The van der Waals surface area contributed by atoms with Crippen molar-refractivity contribution >= 4 is 6.29 Å². The Morgan fingerprint density at radius 3 is 2.82 bits per heavy atom. The van der Waals surface area contributed by atoms with Gasteiger partial charge in [0.15, 0.2) is 0 Å². The van der Waals surface area contributed by atoms with Gasteiger partial charge in [-0.2, -0.15) is 0 Å². The summed E-state index contributed by atoms with van der Waals surface area (Å²) in [6.45, 7) is 3.54. The van der Waals surface area contributed by atoms with Crippen molar-refractivity contribution in [3.63, 3.8) is 0 Å². The molecule has 1 aromatic heterocycles. The monoisotopic (exact) mass is 147 g/mol. The van der Waals surface area contributed by atoms with Crippen molar-refractivity contribution in [3.05, 3.63) is 42.7 Å². The van der Waals surface area contributed by atoms with Crippen molar-refractivity contribution in [2.75, 3.05) is 0 Å². The Kier molecular flexibility index (Phi) is 2.55. The summed E-state index contributed by atoms with van der Waals surface area (Å²) in [5.74, 6) is -0.267. The lowest BCUT2D eigenvalue weighted by atomic mass is 10.1. The number of hydrogen-bond donors (Lipinski definition) is 0. The van der Waals surface area contributed by atoms with Crippen LogP contribution in [0.2, 0.25) is 0 Å². The quantitative estimate of drug-likeness (QED) is 0.479. The minimum atomic E-state index is -0.267. The molecule has 0 radical (unpaired) electrons. The predicted octanol–water partition coefficient (Wildman–Crippen LogP) is 1.55. The number of aldehydes is 1. The van der Waals surface area contributed by atoms with Gasteiger partial charge in [0.2, 0.25) is 0 Å². The molecule has 0 bridgehead atoms. The Labute approximate surface area is 65.6 Å². The molecule has 2 heteroatoms. The van der Waals surface area contributed by atoms with Crippen LogP contribution in [-0.2, 0) is 4.79 Å². The first-order valence-electron chi connectivity index (χ1n) is 3.37. The molecule has 0 saturated carbocycles. The van der Waals surface area contributed by atoms with Gasteiger partial charge in [0.25, 0.3) is 0 Å². The maximum Gasteiger partial charge on any atom is 0.132 e. The molecular weight excluding hydrogens is 138 g/mol. The molecule has 11 heavy (non-hydrogen) atoms. The molecule has 0 N–H and O–H groups in total. The lowest BCUT2D eigenvalue weighted by Gasteiger charge is -2.00. The minimum absolute atomic E-state index is 0.267. The molecule has 0 aromatic carbocycles. The molecular formula is C9H9NO. The van der Waals surface area contributed by atoms with E-state index >= 15 is 0 Å². The summed E-state index contributed by atoms with van der Waals surface area (Å²) in [5, 5.41) is 0. The highest BCUT2D eigenvalue weighted by Gasteiger charge is 2.04. The van der Waals surface area contributed by atoms with Crippen LogP contribution in [0.5, 0.6) is 0 Å². The van der Waals surface area contributed by atoms with E-state index in [0.29, 0.717) is 0 Å². The maximum absolute atomic E-state index is 10.4. The molecule has 1 aromatic rings. The second-order valence-corrected chi connectivity index (χ2v) is 2.15. The fourth-order valence-corrected chi connectivity index (χ4v) is 0.819. The van der Waals surface area contributed by atoms with E-state index in [1.807, 2.05) is 12.1 Å². The van der Waals surface area contributed by atoms with Crippen LogP contribution < -0.4 is 0 Å². The summed E-state index contributed by atoms with van der Waals surface area (Å²) in [4.78, 5) is 14.4. The summed E-state index contributed by atoms with van der Waals surface area (Å²) in [6.07, 6.45) is 4.07. The fraction of sp³-hybridized carbons (Fsp3) is 0.111. The summed E-state index contributed by atoms with van der Waals surface area (Å²) in [5.41, 5.74) is 0.748. The lowest BCUT2D eigenvalue weighted by Crippen LogP contribution is -1.97. The van der Waals surface area contributed by atoms with Crippen molar-refractivity contribution in [2.45, 2.75) is 5.92 Å². The smallest absolute Gasteiger partial charge is 0.132 e. The molecule has 0 aliphatic heterocycles. The van der Waals surface area contributed by atoms with E-state index in [1.165, 1.54) is 0 Å². The van der Waals surface area contributed by atoms with Gasteiger partial charge in [-0.15, -0.1) is 6.58 Å². The summed E-state index contributed by atoms with van der Waals surface area (Å²) in [7, 11) is 0. The highest BCUT2D eigenvalue weighted by atomic mass is 16.1. The molecule has 0 saturated heterocycles. The number of hydrogen-bond acceptors (Lipinski definition) is 2. The zero-order valence-electron chi connectivity index (χ0n) is 6.10. The normalized spacial score (nSPS) is 12.0. The second-order valence-electron chi connectivity index (χ2n) is 2.15. The van der Waals surface area contributed by atoms with Crippen LogP contribution in [-0.4, -0.2) is 11.3 Å². The van der Waals surface area contributed by atoms with E-state index in [1.54, 1.807) is 18.3 Å². The first-order valence-corrected chi connectivity index (χ1v) is 3.37. The van der Waals surface area contributed by atoms with Gasteiger partial charge in [-0.25, -0.2) is 0 Å². The van der Waals surface area contributed by atoms with E-state index in [2.05, 4.69) is 11.6 Å². The first kappa shape index (κ1) is 7.66. The number of carbonyl (C=O) groups excluding carboxylic acids is 1. The van der Waals surface area contributed by atoms with Gasteiger partial charge in [-0.05, 0) is 12.1 Å². The number of aromatic nitrogens is 1. The number of pyridine rings is 1. The van der Waals surface area contributed by atoms with E-state index < -0.39 is 0 Å². The molecule has 0 spiro atoms. The molecule has 56 valence electrons. The Morgan fingerprint density at radius 2 is 2.36 bits per heavy atom.